The monoisotopic (exact) mass is 656 g/mol. The zero-order valence-electron chi connectivity index (χ0n) is 26.7. The van der Waals surface area contributed by atoms with Crippen LogP contribution in [-0.2, 0) is 30.3 Å². The van der Waals surface area contributed by atoms with E-state index in [2.05, 4.69) is 0 Å². The van der Waals surface area contributed by atoms with E-state index in [1.165, 1.54) is 0 Å². The number of fused-ring (bicyclic) bond motifs is 4. The van der Waals surface area contributed by atoms with Gasteiger partial charge in [-0.15, -0.1) is 0 Å². The summed E-state index contributed by atoms with van der Waals surface area (Å²) in [5.74, 6) is 0.398. The lowest BCUT2D eigenvalue weighted by Gasteiger charge is -2.26. The number of carbonyl (C=O) groups is 2. The van der Waals surface area contributed by atoms with E-state index < -0.39 is 35.7 Å². The summed E-state index contributed by atoms with van der Waals surface area (Å²) in [6.07, 6.45) is -1.80. The molecule has 4 heterocycles. The van der Waals surface area contributed by atoms with Crippen molar-refractivity contribution >= 4 is 22.7 Å². The van der Waals surface area contributed by atoms with Crippen molar-refractivity contribution in [2.75, 3.05) is 34.2 Å². The van der Waals surface area contributed by atoms with Crippen LogP contribution in [0.15, 0.2) is 60.7 Å². The number of rotatable bonds is 8. The molecule has 0 bridgehead atoms. The van der Waals surface area contributed by atoms with Gasteiger partial charge in [0.1, 0.15) is 19.0 Å². The SMILES string of the molecule is COc1cc2c(O[C@H]3OC[C@@]4(COC(=O)c5ccccc5)OC(C)(C)O[C@@H]34)c3c(c(-c4ccc5c(c4)OCO5)c2cc1OC)C(=O)OC3. The molecule has 3 atom stereocenters. The van der Waals surface area contributed by atoms with Gasteiger partial charge in [-0.2, -0.15) is 0 Å². The Morgan fingerprint density at radius 2 is 1.65 bits per heavy atom. The lowest BCUT2D eigenvalue weighted by molar-refractivity contribution is -0.211. The van der Waals surface area contributed by atoms with Gasteiger partial charge in [-0.1, -0.05) is 24.3 Å². The molecule has 4 aromatic carbocycles. The lowest BCUT2D eigenvalue weighted by Crippen LogP contribution is -2.47. The summed E-state index contributed by atoms with van der Waals surface area (Å²) in [5, 5.41) is 1.26. The van der Waals surface area contributed by atoms with Gasteiger partial charge in [0.2, 0.25) is 13.1 Å². The molecule has 0 aliphatic carbocycles. The summed E-state index contributed by atoms with van der Waals surface area (Å²) in [6, 6.07) is 17.8. The van der Waals surface area contributed by atoms with Crippen molar-refractivity contribution < 1.29 is 57.0 Å². The Morgan fingerprint density at radius 1 is 0.896 bits per heavy atom. The van der Waals surface area contributed by atoms with Gasteiger partial charge in [-0.25, -0.2) is 9.59 Å². The highest BCUT2D eigenvalue weighted by molar-refractivity contribution is 6.14. The Balaban J connectivity index is 1.22. The zero-order chi connectivity index (χ0) is 33.2. The Morgan fingerprint density at radius 3 is 2.42 bits per heavy atom. The van der Waals surface area contributed by atoms with Crippen molar-refractivity contribution in [3.05, 3.63) is 77.4 Å². The molecule has 2 saturated heterocycles. The molecule has 12 nitrogen and oxygen atoms in total. The van der Waals surface area contributed by atoms with Crippen LogP contribution in [0.25, 0.3) is 21.9 Å². The molecule has 48 heavy (non-hydrogen) atoms. The topological polar surface area (TPSA) is 126 Å². The van der Waals surface area contributed by atoms with Crippen molar-refractivity contribution in [3.63, 3.8) is 0 Å². The van der Waals surface area contributed by atoms with Crippen molar-refractivity contribution in [2.45, 2.75) is 44.2 Å². The molecule has 0 saturated carbocycles. The molecule has 4 aliphatic rings. The molecule has 12 heteroatoms. The molecule has 0 aromatic heterocycles. The third-order valence-electron chi connectivity index (χ3n) is 8.89. The molecule has 0 spiro atoms. The van der Waals surface area contributed by atoms with Crippen LogP contribution in [0.3, 0.4) is 0 Å². The fourth-order valence-electron chi connectivity index (χ4n) is 6.82. The molecule has 8 rings (SSSR count). The van der Waals surface area contributed by atoms with Crippen LogP contribution >= 0.6 is 0 Å². The van der Waals surface area contributed by atoms with E-state index in [1.807, 2.05) is 18.2 Å². The largest absolute Gasteiger partial charge is 0.493 e. The number of methoxy groups -OCH3 is 2. The maximum Gasteiger partial charge on any atom is 0.339 e. The summed E-state index contributed by atoms with van der Waals surface area (Å²) < 4.78 is 59.5. The third-order valence-corrected chi connectivity index (χ3v) is 8.89. The Kier molecular flexibility index (Phi) is 7.13. The molecular weight excluding hydrogens is 624 g/mol. The second kappa shape index (κ2) is 11.3. The number of esters is 2. The van der Waals surface area contributed by atoms with Gasteiger partial charge < -0.3 is 47.4 Å². The average Bonchev–Trinajstić information content (AvgIpc) is 3.85. The Bertz CT molecular complexity index is 1950. The van der Waals surface area contributed by atoms with E-state index in [0.717, 1.165) is 0 Å². The minimum atomic E-state index is -1.16. The van der Waals surface area contributed by atoms with E-state index >= 15 is 0 Å². The van der Waals surface area contributed by atoms with Crippen molar-refractivity contribution in [1.82, 2.24) is 0 Å². The van der Waals surface area contributed by atoms with Gasteiger partial charge in [-0.3, -0.25) is 0 Å². The highest BCUT2D eigenvalue weighted by Crippen LogP contribution is 2.51. The lowest BCUT2D eigenvalue weighted by atomic mass is 9.89. The van der Waals surface area contributed by atoms with Gasteiger partial charge in [0.05, 0.1) is 32.0 Å². The molecule has 248 valence electrons. The second-order valence-electron chi connectivity index (χ2n) is 12.3. The van der Waals surface area contributed by atoms with Crippen LogP contribution in [0.5, 0.6) is 28.7 Å². The highest BCUT2D eigenvalue weighted by atomic mass is 16.8. The van der Waals surface area contributed by atoms with Crippen LogP contribution in [0.4, 0.5) is 0 Å². The quantitative estimate of drug-likeness (QED) is 0.225. The van der Waals surface area contributed by atoms with Crippen molar-refractivity contribution in [2.24, 2.45) is 0 Å². The highest BCUT2D eigenvalue weighted by Gasteiger charge is 2.63. The molecule has 0 unspecified atom stereocenters. The molecule has 0 N–H and O–H groups in total. The van der Waals surface area contributed by atoms with Gasteiger partial charge in [0, 0.05) is 16.5 Å². The third kappa shape index (κ3) is 4.86. The van der Waals surface area contributed by atoms with Gasteiger partial charge in [0.25, 0.3) is 0 Å². The number of carbonyl (C=O) groups excluding carboxylic acids is 2. The summed E-state index contributed by atoms with van der Waals surface area (Å²) in [5.41, 5.74) is 1.45. The maximum atomic E-state index is 13.5. The van der Waals surface area contributed by atoms with Crippen molar-refractivity contribution in [1.29, 1.82) is 0 Å². The predicted octanol–water partition coefficient (Wildman–Crippen LogP) is 5.41. The standard InChI is InChI=1S/C36H32O12/c1-35(2)47-31-34(43-17-36(31,48-35)16-42-32(37)19-8-6-5-7-9-19)46-30-22-14-26(40-4)25(39-3)13-21(22)28(29-23(30)15-41-33(29)38)20-10-11-24-27(12-20)45-18-44-24/h5-14,31,34H,15-18H2,1-4H3/t31-,34+,36+/m0/s1. The number of hydrogen-bond donors (Lipinski definition) is 0. The number of benzene rings is 4. The summed E-state index contributed by atoms with van der Waals surface area (Å²) in [4.78, 5) is 26.4. The van der Waals surface area contributed by atoms with Crippen LogP contribution in [0.2, 0.25) is 0 Å². The molecule has 4 aromatic rings. The van der Waals surface area contributed by atoms with Crippen LogP contribution < -0.4 is 23.7 Å². The minimum Gasteiger partial charge on any atom is -0.493 e. The second-order valence-corrected chi connectivity index (χ2v) is 12.3. The van der Waals surface area contributed by atoms with Crippen LogP contribution in [-0.4, -0.2) is 69.9 Å². The molecule has 4 aliphatic heterocycles. The maximum absolute atomic E-state index is 13.5. The van der Waals surface area contributed by atoms with Gasteiger partial charge in [-0.05, 0) is 61.2 Å². The fraction of sp³-hybridized carbons (Fsp3) is 0.333. The first-order valence-electron chi connectivity index (χ1n) is 15.4. The summed E-state index contributed by atoms with van der Waals surface area (Å²) in [6.45, 7) is 3.51. The first-order valence-corrected chi connectivity index (χ1v) is 15.4. The van der Waals surface area contributed by atoms with E-state index in [9.17, 15) is 9.59 Å². The number of hydrogen-bond acceptors (Lipinski definition) is 12. The summed E-state index contributed by atoms with van der Waals surface area (Å²) in [7, 11) is 3.08. The number of ether oxygens (including phenoxy) is 10. The van der Waals surface area contributed by atoms with Crippen molar-refractivity contribution in [3.8, 4) is 39.9 Å². The normalized spacial score (nSPS) is 23.0. The molecule has 2 fully saturated rings. The zero-order valence-corrected chi connectivity index (χ0v) is 26.7. The van der Waals surface area contributed by atoms with E-state index in [1.54, 1.807) is 70.5 Å². The molecule has 0 amide bonds. The van der Waals surface area contributed by atoms with Gasteiger partial charge in [0.15, 0.2) is 40.5 Å². The van der Waals surface area contributed by atoms with Gasteiger partial charge >= 0.3 is 11.9 Å². The van der Waals surface area contributed by atoms with Crippen LogP contribution in [0.1, 0.15) is 40.1 Å². The first kappa shape index (κ1) is 30.3. The smallest absolute Gasteiger partial charge is 0.339 e. The number of cyclic esters (lactones) is 1. The molecule has 0 radical (unpaired) electrons. The van der Waals surface area contributed by atoms with Crippen LogP contribution in [0, 0.1) is 0 Å². The minimum absolute atomic E-state index is 0.0236. The Labute approximate surface area is 275 Å². The summed E-state index contributed by atoms with van der Waals surface area (Å²) >= 11 is 0. The van der Waals surface area contributed by atoms with E-state index in [4.69, 9.17) is 47.4 Å². The fourth-order valence-corrected chi connectivity index (χ4v) is 6.82. The van der Waals surface area contributed by atoms with E-state index in [0.29, 0.717) is 67.3 Å². The van der Waals surface area contributed by atoms with E-state index in [-0.39, 0.29) is 26.6 Å². The first-order chi connectivity index (χ1) is 23.2. The average molecular weight is 657 g/mol. The predicted molar refractivity (Wildman–Crippen MR) is 168 cm³/mol. The molecular formula is C36H32O12. The Hall–Kier alpha value is -5.04.